The van der Waals surface area contributed by atoms with E-state index in [0.717, 1.165) is 22.9 Å². The van der Waals surface area contributed by atoms with Crippen molar-refractivity contribution in [2.75, 3.05) is 0 Å². The van der Waals surface area contributed by atoms with Crippen LogP contribution in [0, 0.1) is 0 Å². The summed E-state index contributed by atoms with van der Waals surface area (Å²) in [5.74, 6) is 0.890. The molecule has 3 aliphatic rings. The summed E-state index contributed by atoms with van der Waals surface area (Å²) in [7, 11) is 0.239. The molecule has 0 bridgehead atoms. The molecule has 1 aromatic carbocycles. The first-order valence-corrected chi connectivity index (χ1v) is 12.3. The summed E-state index contributed by atoms with van der Waals surface area (Å²) in [6.07, 6.45) is 19.9. The standard InChI is InChI=1S/C23H35P/c1-4-11-19(12-5-1)22-17-10-18-23(22)24(20-13-6-2-7-14-20)21-15-8-3-9-16-21/h1,4-5,11-12,20-23H,2-3,6-10,13-18H2/t22?,23-/m1/s1. The van der Waals surface area contributed by atoms with Crippen molar-refractivity contribution in [1.29, 1.82) is 0 Å². The van der Waals surface area contributed by atoms with Crippen LogP contribution in [0.3, 0.4) is 0 Å². The molecular formula is C23H35P. The lowest BCUT2D eigenvalue weighted by molar-refractivity contribution is 0.478. The van der Waals surface area contributed by atoms with E-state index in [0.29, 0.717) is 0 Å². The molecule has 0 spiro atoms. The maximum Gasteiger partial charge on any atom is -0.00941 e. The highest BCUT2D eigenvalue weighted by Crippen LogP contribution is 2.65. The van der Waals surface area contributed by atoms with E-state index in [9.17, 15) is 0 Å². The highest BCUT2D eigenvalue weighted by atomic mass is 31.1. The fourth-order valence-electron chi connectivity index (χ4n) is 5.98. The zero-order chi connectivity index (χ0) is 16.2. The largest absolute Gasteiger partial charge is 0.0965 e. The molecule has 3 aliphatic carbocycles. The molecule has 0 N–H and O–H groups in total. The van der Waals surface area contributed by atoms with E-state index in [-0.39, 0.29) is 7.92 Å². The number of rotatable bonds is 4. The monoisotopic (exact) mass is 342 g/mol. The summed E-state index contributed by atoms with van der Waals surface area (Å²) in [6, 6.07) is 11.6. The van der Waals surface area contributed by atoms with E-state index in [1.807, 2.05) is 0 Å². The van der Waals surface area contributed by atoms with E-state index < -0.39 is 0 Å². The Kier molecular flexibility index (Phi) is 5.95. The van der Waals surface area contributed by atoms with Crippen LogP contribution in [0.2, 0.25) is 0 Å². The number of hydrogen-bond donors (Lipinski definition) is 0. The molecule has 132 valence electrons. The molecule has 0 radical (unpaired) electrons. The summed E-state index contributed by atoms with van der Waals surface area (Å²) in [4.78, 5) is 0. The molecule has 2 atom stereocenters. The molecule has 0 nitrogen and oxygen atoms in total. The second kappa shape index (κ2) is 8.35. The molecule has 0 saturated heterocycles. The molecule has 24 heavy (non-hydrogen) atoms. The lowest BCUT2D eigenvalue weighted by Gasteiger charge is -2.44. The lowest BCUT2D eigenvalue weighted by atomic mass is 9.97. The first-order valence-electron chi connectivity index (χ1n) is 10.8. The van der Waals surface area contributed by atoms with E-state index in [1.165, 1.54) is 57.8 Å². The van der Waals surface area contributed by atoms with Gasteiger partial charge in [0.25, 0.3) is 0 Å². The van der Waals surface area contributed by atoms with Crippen LogP contribution >= 0.6 is 7.92 Å². The molecule has 0 amide bonds. The normalized spacial score (nSPS) is 30.0. The van der Waals surface area contributed by atoms with Gasteiger partial charge in [0.2, 0.25) is 0 Å². The second-order valence-electron chi connectivity index (χ2n) is 8.55. The maximum absolute atomic E-state index is 2.43. The lowest BCUT2D eigenvalue weighted by Crippen LogP contribution is -2.28. The maximum atomic E-state index is 2.43. The average Bonchev–Trinajstić information content (AvgIpc) is 3.14. The Morgan fingerprint density at radius 2 is 1.17 bits per heavy atom. The van der Waals surface area contributed by atoms with Gasteiger partial charge in [-0.15, -0.1) is 0 Å². The Morgan fingerprint density at radius 1 is 0.583 bits per heavy atom. The van der Waals surface area contributed by atoms with Gasteiger partial charge in [-0.2, -0.15) is 0 Å². The predicted molar refractivity (Wildman–Crippen MR) is 107 cm³/mol. The SMILES string of the molecule is c1ccc(C2CCC[C@H]2P(C2CCCCC2)C2CCCCC2)cc1. The molecule has 0 heterocycles. The van der Waals surface area contributed by atoms with Crippen molar-refractivity contribution >= 4 is 7.92 Å². The number of hydrogen-bond acceptors (Lipinski definition) is 0. The zero-order valence-electron chi connectivity index (χ0n) is 15.3. The summed E-state index contributed by atoms with van der Waals surface area (Å²) < 4.78 is 0. The van der Waals surface area contributed by atoms with Crippen LogP contribution in [0.25, 0.3) is 0 Å². The average molecular weight is 343 g/mol. The van der Waals surface area contributed by atoms with Crippen molar-refractivity contribution in [3.63, 3.8) is 0 Å². The summed E-state index contributed by atoms with van der Waals surface area (Å²) in [5.41, 5.74) is 4.95. The summed E-state index contributed by atoms with van der Waals surface area (Å²) in [6.45, 7) is 0. The van der Waals surface area contributed by atoms with E-state index in [2.05, 4.69) is 30.3 Å². The van der Waals surface area contributed by atoms with Crippen LogP contribution in [0.15, 0.2) is 30.3 Å². The minimum absolute atomic E-state index is 0.239. The third-order valence-corrected chi connectivity index (χ3v) is 11.2. The molecule has 3 fully saturated rings. The topological polar surface area (TPSA) is 0 Å². The van der Waals surface area contributed by atoms with Gasteiger partial charge in [-0.05, 0) is 67.0 Å². The van der Waals surface area contributed by atoms with Gasteiger partial charge in [0.05, 0.1) is 0 Å². The van der Waals surface area contributed by atoms with Gasteiger partial charge >= 0.3 is 0 Å². The molecule has 1 aromatic rings. The van der Waals surface area contributed by atoms with E-state index >= 15 is 0 Å². The Balaban J connectivity index is 1.58. The first kappa shape index (κ1) is 17.1. The summed E-state index contributed by atoms with van der Waals surface area (Å²) in [5, 5.41) is 0. The van der Waals surface area contributed by atoms with Crippen molar-refractivity contribution in [2.45, 2.75) is 106 Å². The smallest absolute Gasteiger partial charge is 0.00941 e. The van der Waals surface area contributed by atoms with Gasteiger partial charge in [0, 0.05) is 0 Å². The molecule has 4 rings (SSSR count). The van der Waals surface area contributed by atoms with Crippen LogP contribution in [0.4, 0.5) is 0 Å². The molecule has 0 aliphatic heterocycles. The minimum atomic E-state index is 0.239. The van der Waals surface area contributed by atoms with Crippen LogP contribution < -0.4 is 0 Å². The number of benzene rings is 1. The third kappa shape index (κ3) is 3.75. The highest BCUT2D eigenvalue weighted by Gasteiger charge is 2.41. The van der Waals surface area contributed by atoms with Crippen molar-refractivity contribution in [2.24, 2.45) is 0 Å². The van der Waals surface area contributed by atoms with Gasteiger partial charge in [-0.3, -0.25) is 0 Å². The van der Waals surface area contributed by atoms with Crippen LogP contribution in [0.5, 0.6) is 0 Å². The van der Waals surface area contributed by atoms with E-state index in [4.69, 9.17) is 0 Å². The molecule has 0 aromatic heterocycles. The molecular weight excluding hydrogens is 307 g/mol. The molecule has 1 unspecified atom stereocenters. The predicted octanol–water partition coefficient (Wildman–Crippen LogP) is 7.47. The van der Waals surface area contributed by atoms with Crippen molar-refractivity contribution in [3.8, 4) is 0 Å². The van der Waals surface area contributed by atoms with Crippen molar-refractivity contribution < 1.29 is 0 Å². The Morgan fingerprint density at radius 3 is 1.75 bits per heavy atom. The first-order chi connectivity index (χ1) is 11.9. The van der Waals surface area contributed by atoms with E-state index in [1.54, 1.807) is 31.2 Å². The van der Waals surface area contributed by atoms with Gasteiger partial charge in [-0.1, -0.05) is 83.2 Å². The quantitative estimate of drug-likeness (QED) is 0.498. The Bertz CT molecular complexity index is 466. The van der Waals surface area contributed by atoms with Crippen LogP contribution in [0.1, 0.15) is 95.0 Å². The minimum Gasteiger partial charge on any atom is -0.0965 e. The fraction of sp³-hybridized carbons (Fsp3) is 0.739. The third-order valence-electron chi connectivity index (χ3n) is 7.08. The van der Waals surface area contributed by atoms with Gasteiger partial charge in [-0.25, -0.2) is 0 Å². The molecule has 1 heteroatoms. The van der Waals surface area contributed by atoms with Crippen LogP contribution in [-0.2, 0) is 0 Å². The van der Waals surface area contributed by atoms with Gasteiger partial charge in [0.1, 0.15) is 0 Å². The summed E-state index contributed by atoms with van der Waals surface area (Å²) >= 11 is 0. The van der Waals surface area contributed by atoms with Gasteiger partial charge < -0.3 is 0 Å². The fourth-order valence-corrected chi connectivity index (χ4v) is 10.8. The zero-order valence-corrected chi connectivity index (χ0v) is 16.2. The van der Waals surface area contributed by atoms with Gasteiger partial charge in [0.15, 0.2) is 0 Å². The highest BCUT2D eigenvalue weighted by molar-refractivity contribution is 7.60. The second-order valence-corrected chi connectivity index (χ2v) is 11.6. The van der Waals surface area contributed by atoms with Crippen LogP contribution in [-0.4, -0.2) is 17.0 Å². The van der Waals surface area contributed by atoms with Crippen molar-refractivity contribution in [1.82, 2.24) is 0 Å². The Labute approximate surface area is 150 Å². The Hall–Kier alpha value is -0.350. The molecule has 3 saturated carbocycles. The van der Waals surface area contributed by atoms with Crippen molar-refractivity contribution in [3.05, 3.63) is 35.9 Å².